The van der Waals surface area contributed by atoms with Crippen LogP contribution in [0.2, 0.25) is 5.02 Å². The van der Waals surface area contributed by atoms with Gasteiger partial charge < -0.3 is 10.3 Å². The van der Waals surface area contributed by atoms with Crippen LogP contribution >= 0.6 is 11.6 Å². The summed E-state index contributed by atoms with van der Waals surface area (Å²) in [4.78, 5) is 4.42. The summed E-state index contributed by atoms with van der Waals surface area (Å²) in [6.07, 6.45) is 4.03. The van der Waals surface area contributed by atoms with Crippen molar-refractivity contribution in [1.29, 1.82) is 0 Å². The maximum absolute atomic E-state index is 5.86. The van der Waals surface area contributed by atoms with Gasteiger partial charge >= 0.3 is 0 Å². The lowest BCUT2D eigenvalue weighted by atomic mass is 9.97. The van der Waals surface area contributed by atoms with Gasteiger partial charge in [-0.15, -0.1) is 0 Å². The maximum Gasteiger partial charge on any atom is 0.226 e. The van der Waals surface area contributed by atoms with E-state index < -0.39 is 0 Å². The number of aromatic nitrogens is 2. The van der Waals surface area contributed by atoms with Gasteiger partial charge in [-0.25, -0.2) is 0 Å². The zero-order valence-corrected chi connectivity index (χ0v) is 12.4. The van der Waals surface area contributed by atoms with E-state index in [4.69, 9.17) is 21.9 Å². The normalized spacial score (nSPS) is 12.6. The van der Waals surface area contributed by atoms with Crippen molar-refractivity contribution < 1.29 is 4.52 Å². The van der Waals surface area contributed by atoms with Crippen molar-refractivity contribution in [2.24, 2.45) is 11.7 Å². The van der Waals surface area contributed by atoms with Crippen LogP contribution in [0.4, 0.5) is 0 Å². The van der Waals surface area contributed by atoms with E-state index in [9.17, 15) is 0 Å². The molecule has 108 valence electrons. The van der Waals surface area contributed by atoms with Gasteiger partial charge in [0.25, 0.3) is 0 Å². The summed E-state index contributed by atoms with van der Waals surface area (Å²) >= 11 is 5.86. The molecule has 1 atom stereocenters. The number of halogens is 1. The van der Waals surface area contributed by atoms with Crippen LogP contribution in [0.25, 0.3) is 11.4 Å². The second-order valence-corrected chi connectivity index (χ2v) is 5.35. The van der Waals surface area contributed by atoms with Crippen molar-refractivity contribution >= 4 is 11.6 Å². The van der Waals surface area contributed by atoms with E-state index >= 15 is 0 Å². The van der Waals surface area contributed by atoms with Crippen molar-refractivity contribution in [1.82, 2.24) is 10.1 Å². The Morgan fingerprint density at radius 2 is 2.00 bits per heavy atom. The standard InChI is InChI=1S/C15H20ClN3O/c1-2-11(9-10-17)3-8-14-18-15(19-20-14)12-4-6-13(16)7-5-12/h4-7,11H,2-3,8-10,17H2,1H3. The van der Waals surface area contributed by atoms with Crippen LogP contribution in [-0.2, 0) is 6.42 Å². The van der Waals surface area contributed by atoms with E-state index in [1.54, 1.807) is 0 Å². The molecule has 1 aromatic heterocycles. The van der Waals surface area contributed by atoms with Gasteiger partial charge in [0.2, 0.25) is 11.7 Å². The topological polar surface area (TPSA) is 64.9 Å². The van der Waals surface area contributed by atoms with Crippen molar-refractivity contribution in [3.8, 4) is 11.4 Å². The van der Waals surface area contributed by atoms with Gasteiger partial charge in [-0.2, -0.15) is 4.98 Å². The van der Waals surface area contributed by atoms with Crippen LogP contribution in [0.15, 0.2) is 28.8 Å². The highest BCUT2D eigenvalue weighted by Crippen LogP contribution is 2.20. The number of aryl methyl sites for hydroxylation is 1. The van der Waals surface area contributed by atoms with Crippen LogP contribution in [0.1, 0.15) is 32.1 Å². The van der Waals surface area contributed by atoms with E-state index in [0.717, 1.165) is 37.8 Å². The molecule has 1 aromatic carbocycles. The summed E-state index contributed by atoms with van der Waals surface area (Å²) < 4.78 is 5.30. The monoisotopic (exact) mass is 293 g/mol. The third-order valence-electron chi connectivity index (χ3n) is 3.49. The van der Waals surface area contributed by atoms with E-state index in [2.05, 4.69) is 17.1 Å². The number of benzene rings is 1. The number of nitrogens with two attached hydrogens (primary N) is 1. The molecule has 0 fully saturated rings. The highest BCUT2D eigenvalue weighted by Gasteiger charge is 2.11. The average Bonchev–Trinajstić information content (AvgIpc) is 2.93. The van der Waals surface area contributed by atoms with Crippen molar-refractivity contribution in [3.05, 3.63) is 35.2 Å². The van der Waals surface area contributed by atoms with E-state index in [1.165, 1.54) is 0 Å². The fourth-order valence-electron chi connectivity index (χ4n) is 2.19. The highest BCUT2D eigenvalue weighted by atomic mass is 35.5. The lowest BCUT2D eigenvalue weighted by molar-refractivity contribution is 0.354. The van der Waals surface area contributed by atoms with Gasteiger partial charge in [0.15, 0.2) is 0 Å². The highest BCUT2D eigenvalue weighted by molar-refractivity contribution is 6.30. The molecule has 0 saturated heterocycles. The molecule has 0 amide bonds. The molecular formula is C15H20ClN3O. The van der Waals surface area contributed by atoms with Crippen LogP contribution in [0.3, 0.4) is 0 Å². The molecule has 1 heterocycles. The van der Waals surface area contributed by atoms with Gasteiger partial charge in [-0.05, 0) is 49.6 Å². The van der Waals surface area contributed by atoms with Gasteiger partial charge in [-0.3, -0.25) is 0 Å². The number of nitrogens with zero attached hydrogens (tertiary/aromatic N) is 2. The Morgan fingerprint density at radius 1 is 1.25 bits per heavy atom. The van der Waals surface area contributed by atoms with Crippen LogP contribution in [0.5, 0.6) is 0 Å². The molecule has 0 bridgehead atoms. The van der Waals surface area contributed by atoms with Crippen LogP contribution in [-0.4, -0.2) is 16.7 Å². The molecule has 1 unspecified atom stereocenters. The Labute approximate surface area is 124 Å². The quantitative estimate of drug-likeness (QED) is 0.845. The van der Waals surface area contributed by atoms with Gasteiger partial charge in [-0.1, -0.05) is 30.1 Å². The molecule has 0 radical (unpaired) electrons. The molecule has 0 saturated carbocycles. The molecule has 2 N–H and O–H groups in total. The second-order valence-electron chi connectivity index (χ2n) is 4.91. The van der Waals surface area contributed by atoms with Crippen LogP contribution in [0, 0.1) is 5.92 Å². The summed E-state index contributed by atoms with van der Waals surface area (Å²) in [5.74, 6) is 1.93. The van der Waals surface area contributed by atoms with Crippen LogP contribution < -0.4 is 5.73 Å². The minimum atomic E-state index is 0.614. The summed E-state index contributed by atoms with van der Waals surface area (Å²) in [6, 6.07) is 7.42. The molecule has 0 aliphatic heterocycles. The molecule has 5 heteroatoms. The molecule has 0 aliphatic carbocycles. The minimum absolute atomic E-state index is 0.614. The molecule has 2 rings (SSSR count). The summed E-state index contributed by atoms with van der Waals surface area (Å²) in [7, 11) is 0. The molecule has 4 nitrogen and oxygen atoms in total. The Balaban J connectivity index is 1.96. The zero-order valence-electron chi connectivity index (χ0n) is 11.7. The van der Waals surface area contributed by atoms with Crippen molar-refractivity contribution in [3.63, 3.8) is 0 Å². The van der Waals surface area contributed by atoms with Crippen molar-refractivity contribution in [2.75, 3.05) is 6.54 Å². The maximum atomic E-state index is 5.86. The van der Waals surface area contributed by atoms with E-state index in [1.807, 2.05) is 24.3 Å². The molecule has 20 heavy (non-hydrogen) atoms. The first kappa shape index (κ1) is 15.0. The lowest BCUT2D eigenvalue weighted by Crippen LogP contribution is -2.09. The predicted molar refractivity (Wildman–Crippen MR) is 80.5 cm³/mol. The Hall–Kier alpha value is -1.39. The minimum Gasteiger partial charge on any atom is -0.339 e. The Morgan fingerprint density at radius 3 is 2.65 bits per heavy atom. The third kappa shape index (κ3) is 4.05. The molecule has 2 aromatic rings. The smallest absolute Gasteiger partial charge is 0.226 e. The molecule has 0 aliphatic rings. The van der Waals surface area contributed by atoms with Gasteiger partial charge in [0.1, 0.15) is 0 Å². The summed E-state index contributed by atoms with van der Waals surface area (Å²) in [5, 5.41) is 4.71. The predicted octanol–water partition coefficient (Wildman–Crippen LogP) is 3.70. The SMILES string of the molecule is CCC(CCN)CCc1nc(-c2ccc(Cl)cc2)no1. The Kier molecular flexibility index (Phi) is 5.56. The first-order valence-electron chi connectivity index (χ1n) is 7.01. The first-order valence-corrected chi connectivity index (χ1v) is 7.39. The van der Waals surface area contributed by atoms with Gasteiger partial charge in [0.05, 0.1) is 0 Å². The fourth-order valence-corrected chi connectivity index (χ4v) is 2.31. The third-order valence-corrected chi connectivity index (χ3v) is 3.74. The number of hydrogen-bond donors (Lipinski definition) is 1. The van der Waals surface area contributed by atoms with Gasteiger partial charge in [0, 0.05) is 17.0 Å². The number of hydrogen-bond acceptors (Lipinski definition) is 4. The first-order chi connectivity index (χ1) is 9.72. The largest absolute Gasteiger partial charge is 0.339 e. The van der Waals surface area contributed by atoms with E-state index in [0.29, 0.717) is 22.7 Å². The second kappa shape index (κ2) is 7.41. The molecular weight excluding hydrogens is 274 g/mol. The fraction of sp³-hybridized carbons (Fsp3) is 0.467. The molecule has 0 spiro atoms. The lowest BCUT2D eigenvalue weighted by Gasteiger charge is -2.11. The zero-order chi connectivity index (χ0) is 14.4. The summed E-state index contributed by atoms with van der Waals surface area (Å²) in [5.41, 5.74) is 6.52. The van der Waals surface area contributed by atoms with Crippen molar-refractivity contribution in [2.45, 2.75) is 32.6 Å². The number of rotatable bonds is 7. The summed E-state index contributed by atoms with van der Waals surface area (Å²) in [6.45, 7) is 2.92. The Bertz CT molecular complexity index is 524. The van der Waals surface area contributed by atoms with E-state index in [-0.39, 0.29) is 0 Å². The average molecular weight is 294 g/mol.